The van der Waals surface area contributed by atoms with E-state index in [1.807, 2.05) is 19.0 Å². The monoisotopic (exact) mass is 245 g/mol. The second-order valence-corrected chi connectivity index (χ2v) is 5.55. The zero-order chi connectivity index (χ0) is 13.0. The van der Waals surface area contributed by atoms with E-state index in [0.717, 1.165) is 17.8 Å². The van der Waals surface area contributed by atoms with Crippen molar-refractivity contribution in [2.45, 2.75) is 44.1 Å². The number of likely N-dealkylation sites (N-methyl/N-ethyl adjacent to an activating group) is 1. The van der Waals surface area contributed by atoms with Crippen molar-refractivity contribution in [3.8, 4) is 0 Å². The van der Waals surface area contributed by atoms with Gasteiger partial charge in [-0.3, -0.25) is 4.90 Å². The number of aldehydes is 1. The van der Waals surface area contributed by atoms with Crippen LogP contribution in [0, 0.1) is 0 Å². The minimum Gasteiger partial charge on any atom is -0.301 e. The van der Waals surface area contributed by atoms with Crippen molar-refractivity contribution < 1.29 is 4.79 Å². The van der Waals surface area contributed by atoms with Gasteiger partial charge in [0.25, 0.3) is 0 Å². The average Bonchev–Trinajstić information content (AvgIpc) is 2.41. The third kappa shape index (κ3) is 2.99. The van der Waals surface area contributed by atoms with Crippen LogP contribution in [0.3, 0.4) is 0 Å². The average molecular weight is 245 g/mol. The summed E-state index contributed by atoms with van der Waals surface area (Å²) in [4.78, 5) is 13.0. The van der Waals surface area contributed by atoms with Gasteiger partial charge in [-0.2, -0.15) is 0 Å². The summed E-state index contributed by atoms with van der Waals surface area (Å²) >= 11 is 0. The SMILES string of the molecule is CN(C)C(C=O)c1ccc(C2CCCCC2)cc1. The Morgan fingerprint density at radius 2 is 1.72 bits per heavy atom. The molecule has 1 atom stereocenters. The first-order valence-electron chi connectivity index (χ1n) is 6.94. The van der Waals surface area contributed by atoms with Crippen molar-refractivity contribution in [2.24, 2.45) is 0 Å². The lowest BCUT2D eigenvalue weighted by molar-refractivity contribution is -0.111. The van der Waals surface area contributed by atoms with E-state index in [1.54, 1.807) is 0 Å². The molecule has 1 aromatic carbocycles. The van der Waals surface area contributed by atoms with Gasteiger partial charge in [0, 0.05) is 0 Å². The molecule has 2 rings (SSSR count). The number of rotatable bonds is 4. The minimum atomic E-state index is -0.120. The molecular formula is C16H23NO. The molecule has 0 amide bonds. The standard InChI is InChI=1S/C16H23NO/c1-17(2)16(12-18)15-10-8-14(9-11-15)13-6-4-3-5-7-13/h8-13,16H,3-7H2,1-2H3. The first kappa shape index (κ1) is 13.3. The predicted octanol–water partition coefficient (Wildman–Crippen LogP) is 3.54. The molecule has 0 radical (unpaired) electrons. The molecule has 18 heavy (non-hydrogen) atoms. The van der Waals surface area contributed by atoms with E-state index >= 15 is 0 Å². The smallest absolute Gasteiger partial charge is 0.141 e. The lowest BCUT2D eigenvalue weighted by Gasteiger charge is -2.23. The first-order chi connectivity index (χ1) is 8.72. The molecule has 0 bridgehead atoms. The van der Waals surface area contributed by atoms with Gasteiger partial charge in [-0.25, -0.2) is 0 Å². The van der Waals surface area contributed by atoms with Crippen molar-refractivity contribution in [3.63, 3.8) is 0 Å². The van der Waals surface area contributed by atoms with Gasteiger partial charge in [-0.05, 0) is 44.0 Å². The van der Waals surface area contributed by atoms with E-state index in [0.29, 0.717) is 0 Å². The predicted molar refractivity (Wildman–Crippen MR) is 74.8 cm³/mol. The van der Waals surface area contributed by atoms with Crippen LogP contribution in [-0.2, 0) is 4.79 Å². The first-order valence-corrected chi connectivity index (χ1v) is 6.94. The Balaban J connectivity index is 2.11. The van der Waals surface area contributed by atoms with Crippen molar-refractivity contribution in [1.82, 2.24) is 4.90 Å². The van der Waals surface area contributed by atoms with Crippen molar-refractivity contribution >= 4 is 6.29 Å². The van der Waals surface area contributed by atoms with Crippen LogP contribution in [0.4, 0.5) is 0 Å². The third-order valence-corrected chi connectivity index (χ3v) is 4.04. The maximum absolute atomic E-state index is 11.1. The van der Waals surface area contributed by atoms with Crippen LogP contribution < -0.4 is 0 Å². The molecule has 1 aromatic rings. The molecule has 0 spiro atoms. The lowest BCUT2D eigenvalue weighted by Crippen LogP contribution is -2.21. The highest BCUT2D eigenvalue weighted by molar-refractivity contribution is 5.61. The molecular weight excluding hydrogens is 222 g/mol. The molecule has 0 saturated heterocycles. The van der Waals surface area contributed by atoms with Gasteiger partial charge >= 0.3 is 0 Å². The maximum Gasteiger partial charge on any atom is 0.141 e. The lowest BCUT2D eigenvalue weighted by atomic mass is 9.84. The number of hydrogen-bond acceptors (Lipinski definition) is 2. The molecule has 98 valence electrons. The molecule has 1 aliphatic carbocycles. The molecule has 1 fully saturated rings. The van der Waals surface area contributed by atoms with Crippen LogP contribution in [0.25, 0.3) is 0 Å². The van der Waals surface area contributed by atoms with Gasteiger partial charge in [-0.1, -0.05) is 43.5 Å². The molecule has 2 nitrogen and oxygen atoms in total. The molecule has 0 aromatic heterocycles. The molecule has 1 saturated carbocycles. The second-order valence-electron chi connectivity index (χ2n) is 5.55. The van der Waals surface area contributed by atoms with E-state index in [-0.39, 0.29) is 6.04 Å². The topological polar surface area (TPSA) is 20.3 Å². The molecule has 0 aliphatic heterocycles. The molecule has 0 N–H and O–H groups in total. The van der Waals surface area contributed by atoms with Crippen molar-refractivity contribution in [3.05, 3.63) is 35.4 Å². The highest BCUT2D eigenvalue weighted by atomic mass is 16.1. The summed E-state index contributed by atoms with van der Waals surface area (Å²) in [5, 5.41) is 0. The Morgan fingerprint density at radius 1 is 1.11 bits per heavy atom. The van der Waals surface area contributed by atoms with E-state index in [2.05, 4.69) is 24.3 Å². The maximum atomic E-state index is 11.1. The summed E-state index contributed by atoms with van der Waals surface area (Å²) in [5.74, 6) is 0.738. The Labute approximate surface area is 110 Å². The van der Waals surface area contributed by atoms with E-state index in [4.69, 9.17) is 0 Å². The van der Waals surface area contributed by atoms with Crippen LogP contribution >= 0.6 is 0 Å². The summed E-state index contributed by atoms with van der Waals surface area (Å²) in [5.41, 5.74) is 2.54. The zero-order valence-corrected chi connectivity index (χ0v) is 11.4. The van der Waals surface area contributed by atoms with Gasteiger partial charge in [-0.15, -0.1) is 0 Å². The molecule has 1 unspecified atom stereocenters. The largest absolute Gasteiger partial charge is 0.301 e. The summed E-state index contributed by atoms with van der Waals surface area (Å²) in [6.07, 6.45) is 7.77. The van der Waals surface area contributed by atoms with E-state index in [9.17, 15) is 4.79 Å². The number of hydrogen-bond donors (Lipinski definition) is 0. The fourth-order valence-corrected chi connectivity index (χ4v) is 2.90. The second kappa shape index (κ2) is 6.14. The zero-order valence-electron chi connectivity index (χ0n) is 11.4. The Morgan fingerprint density at radius 3 is 2.22 bits per heavy atom. The van der Waals surface area contributed by atoms with Crippen molar-refractivity contribution in [2.75, 3.05) is 14.1 Å². The Bertz CT molecular complexity index is 377. The number of nitrogens with zero attached hydrogens (tertiary/aromatic N) is 1. The van der Waals surface area contributed by atoms with Crippen LogP contribution in [0.2, 0.25) is 0 Å². The van der Waals surface area contributed by atoms with Gasteiger partial charge in [0.15, 0.2) is 0 Å². The van der Waals surface area contributed by atoms with Crippen LogP contribution in [-0.4, -0.2) is 25.3 Å². The van der Waals surface area contributed by atoms with Crippen molar-refractivity contribution in [1.29, 1.82) is 0 Å². The van der Waals surface area contributed by atoms with E-state index in [1.165, 1.54) is 37.7 Å². The van der Waals surface area contributed by atoms with Crippen LogP contribution in [0.15, 0.2) is 24.3 Å². The third-order valence-electron chi connectivity index (χ3n) is 4.04. The number of benzene rings is 1. The molecule has 2 heteroatoms. The van der Waals surface area contributed by atoms with Gasteiger partial charge in [0.1, 0.15) is 6.29 Å². The fourth-order valence-electron chi connectivity index (χ4n) is 2.90. The quantitative estimate of drug-likeness (QED) is 0.756. The van der Waals surface area contributed by atoms with Crippen LogP contribution in [0.5, 0.6) is 0 Å². The summed E-state index contributed by atoms with van der Waals surface area (Å²) in [6, 6.07) is 8.54. The highest BCUT2D eigenvalue weighted by Gasteiger charge is 2.17. The number of carbonyl (C=O) groups excluding carboxylic acids is 1. The molecule has 0 heterocycles. The van der Waals surface area contributed by atoms with Gasteiger partial charge < -0.3 is 4.79 Å². The Hall–Kier alpha value is -1.15. The van der Waals surface area contributed by atoms with Crippen LogP contribution in [0.1, 0.15) is 55.2 Å². The number of carbonyl (C=O) groups is 1. The minimum absolute atomic E-state index is 0.120. The summed E-state index contributed by atoms with van der Waals surface area (Å²) in [6.45, 7) is 0. The summed E-state index contributed by atoms with van der Waals surface area (Å²) in [7, 11) is 3.88. The normalized spacial score (nSPS) is 18.8. The highest BCUT2D eigenvalue weighted by Crippen LogP contribution is 2.33. The fraction of sp³-hybridized carbons (Fsp3) is 0.562. The van der Waals surface area contributed by atoms with E-state index < -0.39 is 0 Å². The van der Waals surface area contributed by atoms with Gasteiger partial charge in [0.05, 0.1) is 6.04 Å². The Kier molecular flexibility index (Phi) is 4.54. The van der Waals surface area contributed by atoms with Gasteiger partial charge in [0.2, 0.25) is 0 Å². The summed E-state index contributed by atoms with van der Waals surface area (Å²) < 4.78 is 0. The molecule has 1 aliphatic rings.